The van der Waals surface area contributed by atoms with E-state index in [1.165, 1.54) is 33.4 Å². The summed E-state index contributed by atoms with van der Waals surface area (Å²) in [6, 6.07) is 41.3. The first-order valence-corrected chi connectivity index (χ1v) is 15.0. The van der Waals surface area contributed by atoms with Crippen molar-refractivity contribution in [2.75, 3.05) is 10.6 Å². The van der Waals surface area contributed by atoms with E-state index in [0.717, 1.165) is 27.2 Å². The van der Waals surface area contributed by atoms with Gasteiger partial charge in [-0.3, -0.25) is 0 Å². The van der Waals surface area contributed by atoms with Crippen LogP contribution in [0, 0.1) is 0 Å². The van der Waals surface area contributed by atoms with Gasteiger partial charge < -0.3 is 10.6 Å². The molecule has 41 heavy (non-hydrogen) atoms. The van der Waals surface area contributed by atoms with E-state index in [1.54, 1.807) is 0 Å². The smallest absolute Gasteiger partial charge is 0.0390 e. The topological polar surface area (TPSA) is 24.1 Å². The van der Waals surface area contributed by atoms with Gasteiger partial charge in [0, 0.05) is 27.2 Å². The van der Waals surface area contributed by atoms with Gasteiger partial charge in [0.25, 0.3) is 0 Å². The summed E-state index contributed by atoms with van der Waals surface area (Å²) < 4.78 is 1.07. The number of hydrogen-bond acceptors (Lipinski definition) is 2. The van der Waals surface area contributed by atoms with Gasteiger partial charge in [-0.2, -0.15) is 0 Å². The van der Waals surface area contributed by atoms with Crippen LogP contribution in [0.25, 0.3) is 22.3 Å². The van der Waals surface area contributed by atoms with Crippen LogP contribution in [0.15, 0.2) is 120 Å². The fraction of sp³-hybridized carbons (Fsp3) is 0.211. The van der Waals surface area contributed by atoms with Crippen LogP contribution >= 0.6 is 15.9 Å². The summed E-state index contributed by atoms with van der Waals surface area (Å²) in [4.78, 5) is 0. The van der Waals surface area contributed by atoms with E-state index < -0.39 is 0 Å². The van der Waals surface area contributed by atoms with Gasteiger partial charge in [0.15, 0.2) is 0 Å². The van der Waals surface area contributed by atoms with Crippen LogP contribution in [-0.2, 0) is 10.8 Å². The number of halogens is 1. The Morgan fingerprint density at radius 2 is 0.780 bits per heavy atom. The second kappa shape index (κ2) is 11.6. The highest BCUT2D eigenvalue weighted by Crippen LogP contribution is 2.37. The van der Waals surface area contributed by atoms with Crippen molar-refractivity contribution in [1.29, 1.82) is 0 Å². The fourth-order valence-electron chi connectivity index (χ4n) is 4.92. The molecule has 2 nitrogen and oxygen atoms in total. The first-order valence-electron chi connectivity index (χ1n) is 14.2. The molecule has 0 fully saturated rings. The molecule has 208 valence electrons. The van der Waals surface area contributed by atoms with Crippen molar-refractivity contribution >= 4 is 38.7 Å². The lowest BCUT2D eigenvalue weighted by molar-refractivity contribution is 0.590. The molecule has 0 atom stereocenters. The molecule has 0 saturated carbocycles. The van der Waals surface area contributed by atoms with Crippen molar-refractivity contribution in [1.82, 2.24) is 0 Å². The van der Waals surface area contributed by atoms with Gasteiger partial charge in [0.1, 0.15) is 0 Å². The Kier molecular flexibility index (Phi) is 8.11. The maximum Gasteiger partial charge on any atom is 0.0390 e. The Hall–Kier alpha value is -3.82. The number of rotatable bonds is 6. The molecule has 0 aliphatic heterocycles. The Labute approximate surface area is 254 Å². The number of nitrogens with one attached hydrogen (secondary N) is 2. The quantitative estimate of drug-likeness (QED) is 0.202. The summed E-state index contributed by atoms with van der Waals surface area (Å²) in [5.41, 5.74) is 12.0. The third-order valence-corrected chi connectivity index (χ3v) is 7.98. The van der Waals surface area contributed by atoms with E-state index in [2.05, 4.69) is 183 Å². The van der Waals surface area contributed by atoms with Gasteiger partial charge in [0.05, 0.1) is 0 Å². The molecule has 0 aromatic heterocycles. The van der Waals surface area contributed by atoms with Crippen molar-refractivity contribution in [3.8, 4) is 22.3 Å². The van der Waals surface area contributed by atoms with E-state index in [4.69, 9.17) is 0 Å². The van der Waals surface area contributed by atoms with E-state index in [1.807, 2.05) is 0 Å². The van der Waals surface area contributed by atoms with Gasteiger partial charge in [-0.25, -0.2) is 0 Å². The summed E-state index contributed by atoms with van der Waals surface area (Å²) >= 11 is 3.59. The molecule has 0 amide bonds. The standard InChI is InChI=1S/C38H39BrN2/c1-37(2,3)28-11-19-32(20-12-28)40-31-17-9-26(10-18-31)35-24-23-34(25-36(35)27-7-15-30(39)16-8-27)41-33-21-13-29(14-22-33)38(4,5)6/h7-25,40-41H,1-6H3. The Bertz CT molecular complexity index is 1600. The van der Waals surface area contributed by atoms with E-state index >= 15 is 0 Å². The molecule has 0 unspecified atom stereocenters. The Morgan fingerprint density at radius 3 is 1.24 bits per heavy atom. The average Bonchev–Trinajstić information content (AvgIpc) is 2.94. The molecule has 0 spiro atoms. The van der Waals surface area contributed by atoms with Gasteiger partial charge in [-0.05, 0) is 105 Å². The Balaban J connectivity index is 1.42. The highest BCUT2D eigenvalue weighted by molar-refractivity contribution is 9.10. The highest BCUT2D eigenvalue weighted by Gasteiger charge is 2.15. The average molecular weight is 604 g/mol. The lowest BCUT2D eigenvalue weighted by atomic mass is 9.87. The maximum absolute atomic E-state index is 3.61. The minimum Gasteiger partial charge on any atom is -0.356 e. The van der Waals surface area contributed by atoms with Crippen LogP contribution in [0.1, 0.15) is 52.7 Å². The normalized spacial score (nSPS) is 11.8. The minimum absolute atomic E-state index is 0.136. The summed E-state index contributed by atoms with van der Waals surface area (Å²) in [6.45, 7) is 13.4. The molecule has 0 radical (unpaired) electrons. The third-order valence-electron chi connectivity index (χ3n) is 7.45. The summed E-state index contributed by atoms with van der Waals surface area (Å²) in [7, 11) is 0. The molecule has 0 aliphatic rings. The molecule has 0 saturated heterocycles. The van der Waals surface area contributed by atoms with Crippen LogP contribution in [0.5, 0.6) is 0 Å². The molecule has 2 N–H and O–H groups in total. The van der Waals surface area contributed by atoms with E-state index in [0.29, 0.717) is 0 Å². The summed E-state index contributed by atoms with van der Waals surface area (Å²) in [6.07, 6.45) is 0. The molecule has 5 rings (SSSR count). The molecule has 0 bridgehead atoms. The molecule has 0 heterocycles. The maximum atomic E-state index is 3.61. The predicted molar refractivity (Wildman–Crippen MR) is 182 cm³/mol. The van der Waals surface area contributed by atoms with Crippen molar-refractivity contribution in [2.45, 2.75) is 52.4 Å². The number of hydrogen-bond donors (Lipinski definition) is 2. The van der Waals surface area contributed by atoms with Gasteiger partial charge in [-0.15, -0.1) is 0 Å². The summed E-state index contributed by atoms with van der Waals surface area (Å²) in [5, 5.41) is 7.16. The van der Waals surface area contributed by atoms with Crippen LogP contribution in [0.3, 0.4) is 0 Å². The van der Waals surface area contributed by atoms with Gasteiger partial charge in [0.2, 0.25) is 0 Å². The van der Waals surface area contributed by atoms with E-state index in [-0.39, 0.29) is 10.8 Å². The molecule has 5 aromatic carbocycles. The van der Waals surface area contributed by atoms with Crippen molar-refractivity contribution in [3.63, 3.8) is 0 Å². The van der Waals surface area contributed by atoms with E-state index in [9.17, 15) is 0 Å². The van der Waals surface area contributed by atoms with Gasteiger partial charge in [-0.1, -0.05) is 112 Å². The number of benzene rings is 5. The predicted octanol–water partition coefficient (Wildman–Crippen LogP) is 11.9. The summed E-state index contributed by atoms with van der Waals surface area (Å²) in [5.74, 6) is 0. The SMILES string of the molecule is CC(C)(C)c1ccc(Nc2ccc(-c3ccc(Nc4ccc(C(C)(C)C)cc4)cc3-c3ccc(Br)cc3)cc2)cc1. The van der Waals surface area contributed by atoms with Crippen molar-refractivity contribution in [2.24, 2.45) is 0 Å². The lowest BCUT2D eigenvalue weighted by Crippen LogP contribution is -2.10. The fourth-order valence-corrected chi connectivity index (χ4v) is 5.18. The largest absolute Gasteiger partial charge is 0.356 e. The second-order valence-electron chi connectivity index (χ2n) is 12.7. The van der Waals surface area contributed by atoms with Crippen LogP contribution in [0.2, 0.25) is 0 Å². The van der Waals surface area contributed by atoms with Crippen molar-refractivity contribution < 1.29 is 0 Å². The molecular formula is C38H39BrN2. The first kappa shape index (κ1) is 28.7. The van der Waals surface area contributed by atoms with Crippen LogP contribution in [-0.4, -0.2) is 0 Å². The zero-order valence-corrected chi connectivity index (χ0v) is 26.4. The zero-order chi connectivity index (χ0) is 29.2. The number of anilines is 4. The minimum atomic E-state index is 0.136. The highest BCUT2D eigenvalue weighted by atomic mass is 79.9. The Morgan fingerprint density at radius 1 is 0.415 bits per heavy atom. The van der Waals surface area contributed by atoms with Gasteiger partial charge >= 0.3 is 0 Å². The third kappa shape index (κ3) is 7.10. The molecule has 3 heteroatoms. The molecular weight excluding hydrogens is 564 g/mol. The van der Waals surface area contributed by atoms with Crippen LogP contribution < -0.4 is 10.6 Å². The monoisotopic (exact) mass is 602 g/mol. The van der Waals surface area contributed by atoms with Crippen molar-refractivity contribution in [3.05, 3.63) is 131 Å². The second-order valence-corrected chi connectivity index (χ2v) is 13.7. The first-order chi connectivity index (χ1) is 19.5. The molecule has 0 aliphatic carbocycles. The zero-order valence-electron chi connectivity index (χ0n) is 24.8. The van der Waals surface area contributed by atoms with Crippen LogP contribution in [0.4, 0.5) is 22.7 Å². The lowest BCUT2D eigenvalue weighted by Gasteiger charge is -2.20. The molecule has 5 aromatic rings.